The molecule has 262 valence electrons. The van der Waals surface area contributed by atoms with Gasteiger partial charge in [-0.3, -0.25) is 0 Å². The molecular weight excluding hydrogens is 622 g/mol. The van der Waals surface area contributed by atoms with E-state index in [0.717, 1.165) is 73.1 Å². The Hall–Kier alpha value is -4.21. The van der Waals surface area contributed by atoms with Crippen LogP contribution in [0.2, 0.25) is 0 Å². The van der Waals surface area contributed by atoms with Crippen molar-refractivity contribution >= 4 is 23.0 Å². The minimum absolute atomic E-state index is 0.0866. The molecule has 5 N–H and O–H groups in total. The van der Waals surface area contributed by atoms with Gasteiger partial charge in [-0.25, -0.2) is 15.5 Å². The van der Waals surface area contributed by atoms with Crippen molar-refractivity contribution in [3.63, 3.8) is 0 Å². The van der Waals surface area contributed by atoms with Crippen LogP contribution in [0.15, 0.2) is 48.8 Å². The third-order valence-electron chi connectivity index (χ3n) is 10.0. The number of aromatic nitrogens is 2. The Morgan fingerprint density at radius 2 is 1.51 bits per heavy atom. The van der Waals surface area contributed by atoms with Crippen molar-refractivity contribution in [2.75, 3.05) is 26.4 Å². The third-order valence-corrected chi connectivity index (χ3v) is 10.0. The lowest BCUT2D eigenvalue weighted by molar-refractivity contribution is -0.0593. The number of ether oxygens (including phenoxy) is 3. The van der Waals surface area contributed by atoms with E-state index in [0.29, 0.717) is 36.8 Å². The predicted molar refractivity (Wildman–Crippen MR) is 186 cm³/mol. The summed E-state index contributed by atoms with van der Waals surface area (Å²) in [6.45, 7) is 12.0. The maximum Gasteiger partial charge on any atom is 0.340 e. The molecule has 0 bridgehead atoms. The molecule has 1 unspecified atom stereocenters. The lowest BCUT2D eigenvalue weighted by Crippen LogP contribution is -2.33. The first-order valence-electron chi connectivity index (χ1n) is 17.1. The molecule has 1 atom stereocenters. The predicted octanol–water partition coefficient (Wildman–Crippen LogP) is 6.09. The van der Waals surface area contributed by atoms with E-state index < -0.39 is 5.41 Å². The topological polar surface area (TPSA) is 167 Å². The molecule has 3 aliphatic rings. The highest BCUT2D eigenvalue weighted by Gasteiger charge is 2.50. The standard InChI is InChI=1S/C22H30N2O3.C16H16N2O2.H3NO/c1-4-26-20(25)18-12-17-11-15(16-6-10-27-21(2,3)13-16)5-9-24(17)19(18)22(14-23)7-8-22;1-3-20-15(19)13-9-12-8-11(2)4-7-18(12)14(13)16(10-17)5-6-16;1-2/h5,9,11-12,16H,4,6-8,10,13-14,23H2,1-3H3;4,7-9H,3,5-6H2,1-2H3;2H,1H2. The van der Waals surface area contributed by atoms with Gasteiger partial charge in [0.1, 0.15) is 0 Å². The molecule has 0 radical (unpaired) electrons. The zero-order chi connectivity index (χ0) is 35.6. The largest absolute Gasteiger partial charge is 0.462 e. The number of esters is 2. The van der Waals surface area contributed by atoms with Crippen LogP contribution in [0.25, 0.3) is 11.0 Å². The molecule has 4 aromatic rings. The van der Waals surface area contributed by atoms with Crippen molar-refractivity contribution in [1.29, 1.82) is 5.26 Å². The highest BCUT2D eigenvalue weighted by molar-refractivity contribution is 5.94. The lowest BCUT2D eigenvalue weighted by Gasteiger charge is -2.35. The molecule has 7 rings (SSSR count). The van der Waals surface area contributed by atoms with Gasteiger partial charge in [-0.1, -0.05) is 0 Å². The van der Waals surface area contributed by atoms with E-state index in [-0.39, 0.29) is 23.0 Å². The Kier molecular flexibility index (Phi) is 10.6. The van der Waals surface area contributed by atoms with Gasteiger partial charge in [0.2, 0.25) is 0 Å². The second-order valence-corrected chi connectivity index (χ2v) is 14.0. The van der Waals surface area contributed by atoms with Crippen molar-refractivity contribution in [1.82, 2.24) is 8.80 Å². The molecule has 2 aliphatic carbocycles. The summed E-state index contributed by atoms with van der Waals surface area (Å²) < 4.78 is 20.4. The van der Waals surface area contributed by atoms with Gasteiger partial charge in [-0.15, -0.1) is 0 Å². The number of rotatable bonds is 8. The lowest BCUT2D eigenvalue weighted by atomic mass is 9.84. The van der Waals surface area contributed by atoms with Crippen LogP contribution >= 0.6 is 0 Å². The highest BCUT2D eigenvalue weighted by Crippen LogP contribution is 2.50. The summed E-state index contributed by atoms with van der Waals surface area (Å²) in [5.41, 5.74) is 12.8. The number of fused-ring (bicyclic) bond motifs is 2. The van der Waals surface area contributed by atoms with Crippen molar-refractivity contribution in [3.05, 3.63) is 82.4 Å². The first-order valence-corrected chi connectivity index (χ1v) is 17.1. The summed E-state index contributed by atoms with van der Waals surface area (Å²) in [5, 5.41) is 16.0. The molecular formula is C38H49N5O6. The maximum absolute atomic E-state index is 12.6. The summed E-state index contributed by atoms with van der Waals surface area (Å²) in [6, 6.07) is 14.6. The van der Waals surface area contributed by atoms with E-state index in [1.807, 2.05) is 48.7 Å². The Bertz CT molecular complexity index is 1870. The van der Waals surface area contributed by atoms with Gasteiger partial charge in [0.05, 0.1) is 47.1 Å². The van der Waals surface area contributed by atoms with Crippen molar-refractivity contribution in [2.45, 2.75) is 95.5 Å². The molecule has 0 spiro atoms. The van der Waals surface area contributed by atoms with Crippen molar-refractivity contribution in [2.24, 2.45) is 11.6 Å². The molecule has 1 saturated heterocycles. The fourth-order valence-corrected chi connectivity index (χ4v) is 7.23. The molecule has 4 aromatic heterocycles. The maximum atomic E-state index is 12.6. The van der Waals surface area contributed by atoms with E-state index in [2.05, 4.69) is 48.5 Å². The number of aryl methyl sites for hydroxylation is 1. The van der Waals surface area contributed by atoms with Crippen LogP contribution in [0.3, 0.4) is 0 Å². The van der Waals surface area contributed by atoms with Crippen molar-refractivity contribution < 1.29 is 29.0 Å². The average Bonchev–Trinajstić information content (AvgIpc) is 4.00. The number of nitriles is 1. The summed E-state index contributed by atoms with van der Waals surface area (Å²) in [5.74, 6) is 3.39. The van der Waals surface area contributed by atoms with E-state index in [4.69, 9.17) is 25.2 Å². The molecule has 3 fully saturated rings. The number of carbonyl (C=O) groups is 2. The fourth-order valence-electron chi connectivity index (χ4n) is 7.23. The molecule has 11 nitrogen and oxygen atoms in total. The molecule has 5 heterocycles. The van der Waals surface area contributed by atoms with Crippen molar-refractivity contribution in [3.8, 4) is 6.07 Å². The molecule has 49 heavy (non-hydrogen) atoms. The van der Waals surface area contributed by atoms with Gasteiger partial charge >= 0.3 is 11.9 Å². The Morgan fingerprint density at radius 3 is 2.04 bits per heavy atom. The van der Waals surface area contributed by atoms with E-state index in [9.17, 15) is 14.9 Å². The fraction of sp³-hybridized carbons (Fsp3) is 0.500. The highest BCUT2D eigenvalue weighted by atomic mass is 16.5. The molecule has 11 heteroatoms. The Balaban J connectivity index is 0.000000189. The van der Waals surface area contributed by atoms with Gasteiger partial charge in [-0.2, -0.15) is 5.26 Å². The van der Waals surface area contributed by atoms with Crippen LogP contribution in [0.4, 0.5) is 0 Å². The van der Waals surface area contributed by atoms with E-state index in [1.54, 1.807) is 6.92 Å². The van der Waals surface area contributed by atoms with Gasteiger partial charge in [0.15, 0.2) is 0 Å². The summed E-state index contributed by atoms with van der Waals surface area (Å²) in [6.07, 6.45) is 9.74. The number of carbonyl (C=O) groups excluding carboxylic acids is 2. The third kappa shape index (κ3) is 7.10. The molecule has 2 saturated carbocycles. The van der Waals surface area contributed by atoms with Crippen LogP contribution in [0, 0.1) is 18.3 Å². The zero-order valence-corrected chi connectivity index (χ0v) is 29.3. The van der Waals surface area contributed by atoms with Gasteiger partial charge in [0, 0.05) is 47.7 Å². The van der Waals surface area contributed by atoms with E-state index in [1.165, 1.54) is 5.56 Å². The molecule has 0 aromatic carbocycles. The number of nitrogens with zero attached hydrogens (tertiary/aromatic N) is 3. The quantitative estimate of drug-likeness (QED) is 0.148. The first-order chi connectivity index (χ1) is 23.5. The Morgan fingerprint density at radius 1 is 0.939 bits per heavy atom. The smallest absolute Gasteiger partial charge is 0.340 e. The zero-order valence-electron chi connectivity index (χ0n) is 29.3. The van der Waals surface area contributed by atoms with Crippen LogP contribution in [-0.4, -0.2) is 57.9 Å². The molecule has 1 aliphatic heterocycles. The number of hydrogen-bond acceptors (Lipinski definition) is 9. The van der Waals surface area contributed by atoms with Crippen LogP contribution in [0.1, 0.15) is 115 Å². The monoisotopic (exact) mass is 671 g/mol. The normalized spacial score (nSPS) is 19.4. The summed E-state index contributed by atoms with van der Waals surface area (Å²) in [4.78, 5) is 24.8. The van der Waals surface area contributed by atoms with E-state index >= 15 is 0 Å². The van der Waals surface area contributed by atoms with Crippen LogP contribution < -0.4 is 11.6 Å². The van der Waals surface area contributed by atoms with Gasteiger partial charge < -0.3 is 34.0 Å². The number of nitrogens with two attached hydrogens (primary N) is 2. The Labute approximate surface area is 287 Å². The molecule has 0 amide bonds. The summed E-state index contributed by atoms with van der Waals surface area (Å²) >= 11 is 0. The second kappa shape index (κ2) is 14.3. The minimum atomic E-state index is -0.524. The van der Waals surface area contributed by atoms with Gasteiger partial charge in [-0.05, 0) is 127 Å². The first kappa shape index (κ1) is 36.1. The van der Waals surface area contributed by atoms with Crippen LogP contribution in [0.5, 0.6) is 0 Å². The number of hydrogen-bond donors (Lipinski definition) is 3. The number of pyridine rings is 2. The SMILES string of the molecule is CCOC(=O)c1cc2cc(C)ccn2c1C1(C#N)CC1.CCOC(=O)c1cc2cc(C3CCOC(C)(C)C3)ccn2c1C1(CN)CC1.NO. The minimum Gasteiger partial charge on any atom is -0.462 e. The second-order valence-electron chi connectivity index (χ2n) is 14.0. The van der Waals surface area contributed by atoms with Gasteiger partial charge in [0.25, 0.3) is 0 Å². The van der Waals surface area contributed by atoms with Crippen LogP contribution in [-0.2, 0) is 25.0 Å². The summed E-state index contributed by atoms with van der Waals surface area (Å²) in [7, 11) is 0. The average molecular weight is 672 g/mol.